The van der Waals surface area contributed by atoms with Crippen molar-refractivity contribution >= 4 is 28.9 Å². The van der Waals surface area contributed by atoms with Crippen LogP contribution in [0.25, 0.3) is 5.70 Å². The number of nitrogens with one attached hydrogen (secondary N) is 2. The van der Waals surface area contributed by atoms with Gasteiger partial charge in [-0.1, -0.05) is 30.7 Å². The van der Waals surface area contributed by atoms with Gasteiger partial charge in [0.15, 0.2) is 0 Å². The molecule has 1 aromatic heterocycles. The molecule has 0 aliphatic heterocycles. The maximum absolute atomic E-state index is 13.7. The van der Waals surface area contributed by atoms with E-state index in [0.29, 0.717) is 17.0 Å². The van der Waals surface area contributed by atoms with Crippen molar-refractivity contribution < 1.29 is 23.1 Å². The number of hydrogen-bond donors (Lipinski definition) is 5. The fraction of sp³-hybridized carbons (Fsp3) is 0.308. The predicted molar refractivity (Wildman–Crippen MR) is 144 cm³/mol. The van der Waals surface area contributed by atoms with E-state index < -0.39 is 22.7 Å². The number of allylic oxidation sites excluding steroid dienone is 3. The van der Waals surface area contributed by atoms with Gasteiger partial charge in [-0.05, 0) is 36.8 Å². The van der Waals surface area contributed by atoms with Crippen molar-refractivity contribution in [2.45, 2.75) is 26.6 Å². The van der Waals surface area contributed by atoms with Gasteiger partial charge in [0, 0.05) is 60.5 Å². The molecule has 2 aromatic rings. The number of carbonyl (C=O) groups excluding carboxylic acids is 1. The lowest BCUT2D eigenvalue weighted by Crippen LogP contribution is -2.29. The third-order valence-corrected chi connectivity index (χ3v) is 6.59. The Morgan fingerprint density at radius 1 is 1.36 bits per heavy atom. The van der Waals surface area contributed by atoms with Gasteiger partial charge in [-0.25, -0.2) is 5.84 Å². The van der Waals surface area contributed by atoms with Crippen molar-refractivity contribution in [3.8, 4) is 0 Å². The zero-order valence-electron chi connectivity index (χ0n) is 21.7. The fourth-order valence-electron chi connectivity index (χ4n) is 3.89. The minimum Gasteiger partial charge on any atom is -0.397 e. The molecule has 1 aliphatic carbocycles. The van der Waals surface area contributed by atoms with Crippen LogP contribution >= 0.6 is 11.6 Å². The number of rotatable bonds is 9. The minimum absolute atomic E-state index is 0.0362. The number of amides is 1. The van der Waals surface area contributed by atoms with Crippen LogP contribution in [0.4, 0.5) is 18.9 Å². The van der Waals surface area contributed by atoms with E-state index in [1.54, 1.807) is 30.1 Å². The first kappa shape index (κ1) is 30.0. The number of benzene rings is 1. The average Bonchev–Trinajstić information content (AvgIpc) is 3.06. The first-order valence-electron chi connectivity index (χ1n) is 12.0. The number of hydrogen-bond acceptors (Lipinski definition) is 7. The van der Waals surface area contributed by atoms with Gasteiger partial charge in [0.1, 0.15) is 0 Å². The van der Waals surface area contributed by atoms with Crippen LogP contribution < -0.4 is 22.2 Å². The van der Waals surface area contributed by atoms with Crippen molar-refractivity contribution in [1.82, 2.24) is 20.1 Å². The van der Waals surface area contributed by atoms with Crippen molar-refractivity contribution in [2.24, 2.45) is 24.5 Å². The number of nitrogens with zero attached hydrogens (tertiary/aromatic N) is 3. The lowest BCUT2D eigenvalue weighted by molar-refractivity contribution is -0.137. The highest BCUT2D eigenvalue weighted by atomic mass is 35.5. The SMILES string of the molecule is Cc1c(/C(N)=C/N(N)C2=CC(C(=O)Nc3cc(CNCCO)c(Cl)c(C(F)(F)F)c3)=CC=CC2C)cnn1C. The molecule has 0 bridgehead atoms. The van der Waals surface area contributed by atoms with Gasteiger partial charge in [-0.3, -0.25) is 14.5 Å². The first-order chi connectivity index (χ1) is 18.3. The van der Waals surface area contributed by atoms with Crippen molar-refractivity contribution in [1.29, 1.82) is 0 Å². The van der Waals surface area contributed by atoms with Crippen LogP contribution in [0.1, 0.15) is 29.3 Å². The molecule has 9 nitrogen and oxygen atoms in total. The summed E-state index contributed by atoms with van der Waals surface area (Å²) in [6.45, 7) is 3.66. The quantitative estimate of drug-likeness (QED) is 0.178. The van der Waals surface area contributed by atoms with Crippen LogP contribution in [0.15, 0.2) is 60.1 Å². The summed E-state index contributed by atoms with van der Waals surface area (Å²) in [4.78, 5) is 13.2. The highest BCUT2D eigenvalue weighted by Gasteiger charge is 2.35. The molecule has 0 radical (unpaired) electrons. The Kier molecular flexibility index (Phi) is 9.62. The summed E-state index contributed by atoms with van der Waals surface area (Å²) < 4.78 is 42.6. The normalized spacial score (nSPS) is 16.0. The Hall–Kier alpha value is -3.58. The van der Waals surface area contributed by atoms with E-state index in [1.807, 2.05) is 19.9 Å². The van der Waals surface area contributed by atoms with Crippen LogP contribution in [0.2, 0.25) is 5.02 Å². The molecule has 1 aromatic carbocycles. The standard InChI is InChI=1S/C26H31ClF3N7O2/c1-15-5-4-6-17(10-23(15)37(32)14-22(31)20-13-34-36(3)16(20)2)25(39)35-19-9-18(12-33-7-8-38)24(27)21(11-19)26(28,29)30/h4-6,9-11,13-15,33,38H,7-8,12,31-32H2,1-3H3,(H,35,39)/b22-14-. The zero-order valence-corrected chi connectivity index (χ0v) is 22.4. The number of hydrazine groups is 1. The van der Waals surface area contributed by atoms with Gasteiger partial charge in [0.05, 0.1) is 29.1 Å². The van der Waals surface area contributed by atoms with Crippen LogP contribution in [-0.4, -0.2) is 39.0 Å². The Labute approximate surface area is 229 Å². The molecule has 1 unspecified atom stereocenters. The molecule has 7 N–H and O–H groups in total. The van der Waals surface area contributed by atoms with E-state index in [1.165, 1.54) is 23.4 Å². The molecule has 210 valence electrons. The molecule has 1 atom stereocenters. The number of halogens is 4. The molecule has 1 heterocycles. The van der Waals surface area contributed by atoms with Gasteiger partial charge >= 0.3 is 6.18 Å². The number of nitrogens with two attached hydrogens (primary N) is 2. The Morgan fingerprint density at radius 2 is 2.08 bits per heavy atom. The largest absolute Gasteiger partial charge is 0.417 e. The van der Waals surface area contributed by atoms with Crippen LogP contribution in [-0.2, 0) is 24.6 Å². The molecule has 1 aliphatic rings. The summed E-state index contributed by atoms with van der Waals surface area (Å²) in [6, 6.07) is 2.14. The topological polar surface area (TPSA) is 134 Å². The van der Waals surface area contributed by atoms with Crippen LogP contribution in [0, 0.1) is 12.8 Å². The third-order valence-electron chi connectivity index (χ3n) is 6.15. The number of carbonyl (C=O) groups is 1. The highest BCUT2D eigenvalue weighted by molar-refractivity contribution is 6.32. The van der Waals surface area contributed by atoms with Gasteiger partial charge in [0.2, 0.25) is 0 Å². The van der Waals surface area contributed by atoms with E-state index in [4.69, 9.17) is 28.3 Å². The summed E-state index contributed by atoms with van der Waals surface area (Å²) >= 11 is 6.01. The molecule has 1 amide bonds. The lowest BCUT2D eigenvalue weighted by Gasteiger charge is -2.22. The summed E-state index contributed by atoms with van der Waals surface area (Å²) in [5.41, 5.74) is 7.78. The molecule has 0 fully saturated rings. The van der Waals surface area contributed by atoms with E-state index >= 15 is 0 Å². The molecule has 0 spiro atoms. The van der Waals surface area contributed by atoms with Crippen molar-refractivity contribution in [2.75, 3.05) is 18.5 Å². The minimum atomic E-state index is -4.74. The van der Waals surface area contributed by atoms with Gasteiger partial charge in [-0.2, -0.15) is 18.3 Å². The molecular weight excluding hydrogens is 535 g/mol. The average molecular weight is 566 g/mol. The number of aliphatic hydroxyl groups excluding tert-OH is 1. The summed E-state index contributed by atoms with van der Waals surface area (Å²) in [5.74, 6) is 5.44. The number of alkyl halides is 3. The maximum atomic E-state index is 13.7. The van der Waals surface area contributed by atoms with E-state index in [-0.39, 0.29) is 42.4 Å². The van der Waals surface area contributed by atoms with E-state index in [9.17, 15) is 18.0 Å². The molecule has 3 rings (SSSR count). The molecule has 0 saturated heterocycles. The van der Waals surface area contributed by atoms with E-state index in [0.717, 1.165) is 11.8 Å². The molecule has 39 heavy (non-hydrogen) atoms. The lowest BCUT2D eigenvalue weighted by atomic mass is 10.1. The monoisotopic (exact) mass is 565 g/mol. The van der Waals surface area contributed by atoms with Gasteiger partial charge in [0.25, 0.3) is 5.91 Å². The first-order valence-corrected chi connectivity index (χ1v) is 12.3. The van der Waals surface area contributed by atoms with Crippen molar-refractivity contribution in [3.63, 3.8) is 0 Å². The zero-order chi connectivity index (χ0) is 28.9. The molecule has 0 saturated carbocycles. The van der Waals surface area contributed by atoms with Gasteiger partial charge in [-0.15, -0.1) is 0 Å². The van der Waals surface area contributed by atoms with Gasteiger partial charge < -0.3 is 21.5 Å². The van der Waals surface area contributed by atoms with Crippen molar-refractivity contribution in [3.05, 3.63) is 87.5 Å². The molecular formula is C26H31ClF3N7O2. The second kappa shape index (κ2) is 12.5. The van der Waals surface area contributed by atoms with E-state index in [2.05, 4.69) is 15.7 Å². The Bertz CT molecular complexity index is 1350. The number of aryl methyl sites for hydroxylation is 1. The Morgan fingerprint density at radius 3 is 2.69 bits per heavy atom. The number of aliphatic hydroxyl groups is 1. The summed E-state index contributed by atoms with van der Waals surface area (Å²) in [7, 11) is 1.79. The smallest absolute Gasteiger partial charge is 0.397 e. The number of anilines is 1. The summed E-state index contributed by atoms with van der Waals surface area (Å²) in [5, 5.41) is 19.3. The Balaban J connectivity index is 1.90. The fourth-order valence-corrected chi connectivity index (χ4v) is 4.17. The second-order valence-electron chi connectivity index (χ2n) is 8.97. The second-order valence-corrected chi connectivity index (χ2v) is 9.35. The summed E-state index contributed by atoms with van der Waals surface area (Å²) in [6.07, 6.45) is 4.96. The molecule has 13 heteroatoms. The number of aromatic nitrogens is 2. The van der Waals surface area contributed by atoms with Crippen LogP contribution in [0.5, 0.6) is 0 Å². The third kappa shape index (κ3) is 7.30. The highest BCUT2D eigenvalue weighted by Crippen LogP contribution is 2.38. The maximum Gasteiger partial charge on any atom is 0.417 e. The van der Waals surface area contributed by atoms with Crippen LogP contribution in [0.3, 0.4) is 0 Å². The predicted octanol–water partition coefficient (Wildman–Crippen LogP) is 3.57.